The lowest BCUT2D eigenvalue weighted by Gasteiger charge is -2.16. The Kier molecular flexibility index (Phi) is 3.77. The number of rotatable bonds is 3. The van der Waals surface area contributed by atoms with E-state index in [0.29, 0.717) is 0 Å². The summed E-state index contributed by atoms with van der Waals surface area (Å²) in [6, 6.07) is 2.50. The molecule has 0 saturated heterocycles. The zero-order valence-corrected chi connectivity index (χ0v) is 10.0. The number of aromatic nitrogens is 2. The molecule has 1 aromatic heterocycles. The molecule has 1 amide bonds. The molecule has 92 valence electrons. The van der Waals surface area contributed by atoms with E-state index in [9.17, 15) is 14.4 Å². The first-order valence-electron chi connectivity index (χ1n) is 5.18. The summed E-state index contributed by atoms with van der Waals surface area (Å²) in [5, 5.41) is 8.16. The number of ketones is 1. The van der Waals surface area contributed by atoms with Gasteiger partial charge in [-0.3, -0.25) is 14.4 Å². The molecule has 17 heavy (non-hydrogen) atoms. The zero-order chi connectivity index (χ0) is 13.1. The van der Waals surface area contributed by atoms with Crippen LogP contribution in [0.2, 0.25) is 0 Å². The standard InChI is InChI=1S/C11H15N3O3/c1-11(2,3)8(15)6-12-10(17)7-4-5-9(16)14-13-7/h4-5H,6H2,1-3H3,(H,12,17)(H,14,16). The van der Waals surface area contributed by atoms with E-state index in [1.54, 1.807) is 20.8 Å². The highest BCUT2D eigenvalue weighted by molar-refractivity contribution is 5.96. The predicted octanol–water partition coefficient (Wildman–Crippen LogP) is 0.115. The van der Waals surface area contributed by atoms with Crippen molar-refractivity contribution in [3.8, 4) is 0 Å². The molecule has 6 nitrogen and oxygen atoms in total. The van der Waals surface area contributed by atoms with Crippen LogP contribution in [0.25, 0.3) is 0 Å². The first-order valence-corrected chi connectivity index (χ1v) is 5.18. The van der Waals surface area contributed by atoms with Crippen LogP contribution in [0.3, 0.4) is 0 Å². The lowest BCUT2D eigenvalue weighted by molar-refractivity contribution is -0.125. The monoisotopic (exact) mass is 237 g/mol. The number of Topliss-reactive ketones (excluding diaryl/α,β-unsaturated/α-hetero) is 1. The van der Waals surface area contributed by atoms with Gasteiger partial charge in [0.2, 0.25) is 0 Å². The highest BCUT2D eigenvalue weighted by Crippen LogP contribution is 2.13. The van der Waals surface area contributed by atoms with E-state index in [2.05, 4.69) is 15.5 Å². The average molecular weight is 237 g/mol. The van der Waals surface area contributed by atoms with Crippen molar-refractivity contribution in [1.82, 2.24) is 15.5 Å². The van der Waals surface area contributed by atoms with Crippen LogP contribution in [0.1, 0.15) is 31.3 Å². The second kappa shape index (κ2) is 4.90. The summed E-state index contributed by atoms with van der Waals surface area (Å²) in [6.07, 6.45) is 0. The average Bonchev–Trinajstić information content (AvgIpc) is 2.25. The molecule has 0 unspecified atom stereocenters. The maximum absolute atomic E-state index is 11.6. The number of hydrogen-bond donors (Lipinski definition) is 2. The van der Waals surface area contributed by atoms with Gasteiger partial charge in [0.05, 0.1) is 6.54 Å². The summed E-state index contributed by atoms with van der Waals surface area (Å²) in [5.41, 5.74) is -0.801. The maximum atomic E-state index is 11.6. The molecule has 0 radical (unpaired) electrons. The van der Waals surface area contributed by atoms with E-state index in [-0.39, 0.29) is 23.6 Å². The van der Waals surface area contributed by atoms with Crippen LogP contribution in [0.5, 0.6) is 0 Å². The van der Waals surface area contributed by atoms with Crippen molar-refractivity contribution < 1.29 is 9.59 Å². The maximum Gasteiger partial charge on any atom is 0.272 e. The van der Waals surface area contributed by atoms with Crippen LogP contribution in [-0.2, 0) is 4.79 Å². The molecule has 1 aromatic rings. The van der Waals surface area contributed by atoms with Gasteiger partial charge in [0, 0.05) is 11.5 Å². The normalized spacial score (nSPS) is 11.0. The SMILES string of the molecule is CC(C)(C)C(=O)CNC(=O)c1ccc(=O)[nH]n1. The van der Waals surface area contributed by atoms with Crippen LogP contribution in [0, 0.1) is 5.41 Å². The molecule has 1 rings (SSSR count). The lowest BCUT2D eigenvalue weighted by atomic mass is 9.91. The van der Waals surface area contributed by atoms with Gasteiger partial charge in [-0.15, -0.1) is 0 Å². The number of H-pyrrole nitrogens is 1. The number of amides is 1. The predicted molar refractivity (Wildman–Crippen MR) is 61.7 cm³/mol. The fourth-order valence-electron chi connectivity index (χ4n) is 0.987. The molecule has 1 heterocycles. The smallest absolute Gasteiger partial charge is 0.272 e. The third-order valence-electron chi connectivity index (χ3n) is 2.16. The van der Waals surface area contributed by atoms with Gasteiger partial charge in [-0.1, -0.05) is 20.8 Å². The van der Waals surface area contributed by atoms with Gasteiger partial charge in [-0.25, -0.2) is 5.10 Å². The third-order valence-corrected chi connectivity index (χ3v) is 2.16. The lowest BCUT2D eigenvalue weighted by Crippen LogP contribution is -2.36. The Morgan fingerprint density at radius 3 is 2.47 bits per heavy atom. The van der Waals surface area contributed by atoms with Gasteiger partial charge >= 0.3 is 0 Å². The molecule has 0 saturated carbocycles. The summed E-state index contributed by atoms with van der Waals surface area (Å²) in [5.74, 6) is -0.561. The molecule has 0 bridgehead atoms. The molecule has 6 heteroatoms. The minimum Gasteiger partial charge on any atom is -0.344 e. The Morgan fingerprint density at radius 2 is 2.00 bits per heavy atom. The van der Waals surface area contributed by atoms with Crippen molar-refractivity contribution in [3.63, 3.8) is 0 Å². The summed E-state index contributed by atoms with van der Waals surface area (Å²) >= 11 is 0. The summed E-state index contributed by atoms with van der Waals surface area (Å²) < 4.78 is 0. The fraction of sp³-hybridized carbons (Fsp3) is 0.455. The Bertz CT molecular complexity index is 465. The van der Waals surface area contributed by atoms with Gasteiger partial charge in [-0.05, 0) is 6.07 Å². The molecule has 0 atom stereocenters. The molecule has 0 aliphatic rings. The van der Waals surface area contributed by atoms with Crippen molar-refractivity contribution in [2.75, 3.05) is 6.54 Å². The number of nitrogens with zero attached hydrogens (tertiary/aromatic N) is 1. The van der Waals surface area contributed by atoms with E-state index < -0.39 is 11.3 Å². The highest BCUT2D eigenvalue weighted by Gasteiger charge is 2.21. The first kappa shape index (κ1) is 13.1. The van der Waals surface area contributed by atoms with Crippen LogP contribution in [0.4, 0.5) is 0 Å². The van der Waals surface area contributed by atoms with Crippen LogP contribution in [0.15, 0.2) is 16.9 Å². The van der Waals surface area contributed by atoms with Crippen molar-refractivity contribution in [2.45, 2.75) is 20.8 Å². The number of hydrogen-bond acceptors (Lipinski definition) is 4. The van der Waals surface area contributed by atoms with E-state index in [1.807, 2.05) is 0 Å². The third kappa shape index (κ3) is 3.82. The van der Waals surface area contributed by atoms with Crippen LogP contribution >= 0.6 is 0 Å². The molecular weight excluding hydrogens is 222 g/mol. The second-order valence-corrected chi connectivity index (χ2v) is 4.66. The van der Waals surface area contributed by atoms with Gasteiger partial charge in [-0.2, -0.15) is 5.10 Å². The molecule has 0 spiro atoms. The molecule has 2 N–H and O–H groups in total. The first-order chi connectivity index (χ1) is 7.80. The molecule has 0 fully saturated rings. The number of carbonyl (C=O) groups excluding carboxylic acids is 2. The Labute approximate surface area is 98.4 Å². The molecular formula is C11H15N3O3. The van der Waals surface area contributed by atoms with E-state index in [4.69, 9.17) is 0 Å². The van der Waals surface area contributed by atoms with Crippen LogP contribution in [-0.4, -0.2) is 28.4 Å². The fourth-order valence-corrected chi connectivity index (χ4v) is 0.987. The number of carbonyl (C=O) groups is 2. The minimum absolute atomic E-state index is 0.0524. The Hall–Kier alpha value is -1.98. The number of nitrogens with one attached hydrogen (secondary N) is 2. The minimum atomic E-state index is -0.494. The Morgan fingerprint density at radius 1 is 1.35 bits per heavy atom. The summed E-state index contributed by atoms with van der Waals surface area (Å²) in [6.45, 7) is 5.28. The molecule has 0 aliphatic carbocycles. The Balaban J connectivity index is 2.59. The van der Waals surface area contributed by atoms with E-state index in [0.717, 1.165) is 0 Å². The van der Waals surface area contributed by atoms with E-state index in [1.165, 1.54) is 12.1 Å². The molecule has 0 aromatic carbocycles. The van der Waals surface area contributed by atoms with E-state index >= 15 is 0 Å². The van der Waals surface area contributed by atoms with Crippen molar-refractivity contribution >= 4 is 11.7 Å². The van der Waals surface area contributed by atoms with Crippen molar-refractivity contribution in [2.24, 2.45) is 5.41 Å². The van der Waals surface area contributed by atoms with Crippen molar-refractivity contribution in [1.29, 1.82) is 0 Å². The van der Waals surface area contributed by atoms with Gasteiger partial charge in [0.1, 0.15) is 5.69 Å². The van der Waals surface area contributed by atoms with Crippen LogP contribution < -0.4 is 10.9 Å². The second-order valence-electron chi connectivity index (χ2n) is 4.66. The summed E-state index contributed by atoms with van der Waals surface area (Å²) in [4.78, 5) is 33.8. The van der Waals surface area contributed by atoms with Crippen molar-refractivity contribution in [3.05, 3.63) is 28.2 Å². The van der Waals surface area contributed by atoms with Gasteiger partial charge in [0.15, 0.2) is 5.78 Å². The van der Waals surface area contributed by atoms with Gasteiger partial charge < -0.3 is 5.32 Å². The summed E-state index contributed by atoms with van der Waals surface area (Å²) in [7, 11) is 0. The topological polar surface area (TPSA) is 91.9 Å². The largest absolute Gasteiger partial charge is 0.344 e. The zero-order valence-electron chi connectivity index (χ0n) is 10.0. The number of aromatic amines is 1. The highest BCUT2D eigenvalue weighted by atomic mass is 16.2. The molecule has 0 aliphatic heterocycles. The quantitative estimate of drug-likeness (QED) is 0.780. The van der Waals surface area contributed by atoms with Gasteiger partial charge in [0.25, 0.3) is 11.5 Å².